The van der Waals surface area contributed by atoms with E-state index in [1.807, 2.05) is 20.8 Å². The van der Waals surface area contributed by atoms with Gasteiger partial charge in [0, 0.05) is 6.54 Å². The summed E-state index contributed by atoms with van der Waals surface area (Å²) in [6, 6.07) is -0.446. The number of hydrogen-bond donors (Lipinski definition) is 2. The van der Waals surface area contributed by atoms with Crippen molar-refractivity contribution in [2.75, 3.05) is 13.1 Å². The van der Waals surface area contributed by atoms with Gasteiger partial charge < -0.3 is 20.7 Å². The first-order valence-corrected chi connectivity index (χ1v) is 5.87. The van der Waals surface area contributed by atoms with Gasteiger partial charge in [0.25, 0.3) is 0 Å². The molecule has 0 saturated carbocycles. The van der Waals surface area contributed by atoms with Crippen LogP contribution in [-0.4, -0.2) is 47.1 Å². The molecule has 0 radical (unpaired) electrons. The fourth-order valence-corrected chi connectivity index (χ4v) is 2.12. The summed E-state index contributed by atoms with van der Waals surface area (Å²) in [7, 11) is 0. The van der Waals surface area contributed by atoms with Crippen LogP contribution in [0.1, 0.15) is 27.2 Å². The van der Waals surface area contributed by atoms with E-state index in [9.17, 15) is 9.59 Å². The number of nitrogens with two attached hydrogens (primary N) is 1. The van der Waals surface area contributed by atoms with Crippen molar-refractivity contribution in [3.05, 3.63) is 0 Å². The summed E-state index contributed by atoms with van der Waals surface area (Å²) >= 11 is 0. The maximum atomic E-state index is 11.9. The summed E-state index contributed by atoms with van der Waals surface area (Å²) in [4.78, 5) is 28.3. The van der Waals surface area contributed by atoms with Crippen molar-refractivity contribution in [1.29, 1.82) is 0 Å². The number of ether oxygens (including phenoxy) is 1. The zero-order valence-corrected chi connectivity index (χ0v) is 10.8. The Labute approximate surface area is 105 Å². The number of amidine groups is 1. The van der Waals surface area contributed by atoms with Gasteiger partial charge in [-0.15, -0.1) is 0 Å². The molecular weight excluding hydrogens is 236 g/mol. The van der Waals surface area contributed by atoms with Crippen LogP contribution in [0.25, 0.3) is 0 Å². The predicted molar refractivity (Wildman–Crippen MR) is 65.3 cm³/mol. The molecule has 100 valence electrons. The van der Waals surface area contributed by atoms with Gasteiger partial charge in [-0.2, -0.15) is 4.99 Å². The van der Waals surface area contributed by atoms with Gasteiger partial charge in [0.15, 0.2) is 0 Å². The Kier molecular flexibility index (Phi) is 2.71. The molecular formula is C11H18N4O3. The van der Waals surface area contributed by atoms with Crippen LogP contribution in [0.15, 0.2) is 4.99 Å². The lowest BCUT2D eigenvalue weighted by molar-refractivity contribution is 0.0288. The lowest BCUT2D eigenvalue weighted by Gasteiger charge is -2.26. The molecule has 3 N–H and O–H groups in total. The highest BCUT2D eigenvalue weighted by Crippen LogP contribution is 2.26. The third-order valence-electron chi connectivity index (χ3n) is 2.98. The van der Waals surface area contributed by atoms with Crippen molar-refractivity contribution in [3.63, 3.8) is 0 Å². The molecule has 0 aliphatic carbocycles. The minimum atomic E-state index is -0.700. The van der Waals surface area contributed by atoms with E-state index >= 15 is 0 Å². The summed E-state index contributed by atoms with van der Waals surface area (Å²) < 4.78 is 5.28. The number of aliphatic imine (C=N–C) groups is 1. The van der Waals surface area contributed by atoms with E-state index in [0.717, 1.165) is 0 Å². The molecule has 1 spiro atoms. The predicted octanol–water partition coefficient (Wildman–Crippen LogP) is 0.446. The first-order chi connectivity index (χ1) is 8.22. The number of rotatable bonds is 0. The molecule has 0 aromatic heterocycles. The molecule has 1 atom stereocenters. The van der Waals surface area contributed by atoms with Gasteiger partial charge in [0.05, 0.1) is 6.54 Å². The highest BCUT2D eigenvalue weighted by atomic mass is 16.6. The normalized spacial score (nSPS) is 27.4. The molecule has 3 amide bonds. The number of carbonyl (C=O) groups excluding carboxylic acids is 2. The zero-order chi connectivity index (χ0) is 13.6. The van der Waals surface area contributed by atoms with E-state index in [1.165, 1.54) is 0 Å². The van der Waals surface area contributed by atoms with E-state index < -0.39 is 23.3 Å². The third kappa shape index (κ3) is 2.25. The van der Waals surface area contributed by atoms with Gasteiger partial charge in [-0.25, -0.2) is 9.59 Å². The van der Waals surface area contributed by atoms with Gasteiger partial charge in [-0.3, -0.25) is 0 Å². The second kappa shape index (κ2) is 3.86. The molecule has 1 unspecified atom stereocenters. The fourth-order valence-electron chi connectivity index (χ4n) is 2.12. The Hall–Kier alpha value is -1.79. The average Bonchev–Trinajstić information content (AvgIpc) is 2.70. The zero-order valence-electron chi connectivity index (χ0n) is 10.8. The van der Waals surface area contributed by atoms with E-state index in [-0.39, 0.29) is 5.84 Å². The van der Waals surface area contributed by atoms with Crippen LogP contribution in [-0.2, 0) is 4.74 Å². The van der Waals surface area contributed by atoms with Gasteiger partial charge in [-0.1, -0.05) is 0 Å². The first kappa shape index (κ1) is 12.7. The number of nitrogens with zero attached hydrogens (tertiary/aromatic N) is 2. The Morgan fingerprint density at radius 2 is 2.22 bits per heavy atom. The van der Waals surface area contributed by atoms with Crippen molar-refractivity contribution in [2.45, 2.75) is 38.3 Å². The van der Waals surface area contributed by atoms with Gasteiger partial charge in [-0.05, 0) is 27.2 Å². The standard InChI is InChI=1S/C11H18N4O3/c1-10(2,3)18-9(17)15-5-4-11(6-15)7(12)13-8(16)14-11/h4-6H2,1-3H3,(H3,12,13,14,16). The highest BCUT2D eigenvalue weighted by Gasteiger charge is 2.48. The van der Waals surface area contributed by atoms with Crippen LogP contribution >= 0.6 is 0 Å². The lowest BCUT2D eigenvalue weighted by atomic mass is 9.99. The molecule has 0 aromatic carbocycles. The number of amides is 3. The van der Waals surface area contributed by atoms with Gasteiger partial charge >= 0.3 is 12.1 Å². The molecule has 18 heavy (non-hydrogen) atoms. The van der Waals surface area contributed by atoms with Gasteiger partial charge in [0.2, 0.25) is 0 Å². The molecule has 0 bridgehead atoms. The van der Waals surface area contributed by atoms with Crippen LogP contribution in [0.3, 0.4) is 0 Å². The molecule has 2 rings (SSSR count). The van der Waals surface area contributed by atoms with Crippen molar-refractivity contribution < 1.29 is 14.3 Å². The number of hydrogen-bond acceptors (Lipinski definition) is 4. The van der Waals surface area contributed by atoms with Crippen LogP contribution in [0.2, 0.25) is 0 Å². The second-order valence-corrected chi connectivity index (χ2v) is 5.66. The average molecular weight is 254 g/mol. The number of carbonyl (C=O) groups is 2. The summed E-state index contributed by atoms with van der Waals surface area (Å²) in [6.45, 7) is 6.23. The monoisotopic (exact) mass is 254 g/mol. The van der Waals surface area contributed by atoms with E-state index in [0.29, 0.717) is 19.5 Å². The summed E-state index contributed by atoms with van der Waals surface area (Å²) in [5, 5.41) is 2.71. The van der Waals surface area contributed by atoms with Crippen LogP contribution in [0.5, 0.6) is 0 Å². The van der Waals surface area contributed by atoms with Crippen molar-refractivity contribution in [1.82, 2.24) is 10.2 Å². The Balaban J connectivity index is 2.03. The maximum Gasteiger partial charge on any atom is 0.410 e. The second-order valence-electron chi connectivity index (χ2n) is 5.66. The van der Waals surface area contributed by atoms with E-state index in [2.05, 4.69) is 10.3 Å². The first-order valence-electron chi connectivity index (χ1n) is 5.87. The van der Waals surface area contributed by atoms with E-state index in [1.54, 1.807) is 4.90 Å². The lowest BCUT2D eigenvalue weighted by Crippen LogP contribution is -2.54. The van der Waals surface area contributed by atoms with Crippen LogP contribution in [0.4, 0.5) is 9.59 Å². The topological polar surface area (TPSA) is 97.0 Å². The molecule has 2 aliphatic heterocycles. The maximum absolute atomic E-state index is 11.9. The van der Waals surface area contributed by atoms with E-state index in [4.69, 9.17) is 10.5 Å². The Morgan fingerprint density at radius 3 is 2.72 bits per heavy atom. The van der Waals surface area contributed by atoms with Crippen LogP contribution in [0, 0.1) is 0 Å². The molecule has 2 heterocycles. The Bertz CT molecular complexity index is 426. The van der Waals surface area contributed by atoms with Crippen molar-refractivity contribution in [2.24, 2.45) is 10.7 Å². The fraction of sp³-hybridized carbons (Fsp3) is 0.727. The number of urea groups is 1. The molecule has 2 aliphatic rings. The largest absolute Gasteiger partial charge is 0.444 e. The molecule has 1 saturated heterocycles. The summed E-state index contributed by atoms with van der Waals surface area (Å²) in [5.41, 5.74) is 4.51. The summed E-state index contributed by atoms with van der Waals surface area (Å²) in [5.74, 6) is 0.249. The summed E-state index contributed by atoms with van der Waals surface area (Å²) in [6.07, 6.45) is 0.168. The molecule has 1 fully saturated rings. The molecule has 0 aromatic rings. The van der Waals surface area contributed by atoms with Crippen LogP contribution < -0.4 is 11.1 Å². The molecule has 7 heteroatoms. The van der Waals surface area contributed by atoms with Crippen molar-refractivity contribution in [3.8, 4) is 0 Å². The number of nitrogens with one attached hydrogen (secondary N) is 1. The minimum absolute atomic E-state index is 0.249. The third-order valence-corrected chi connectivity index (χ3v) is 2.98. The van der Waals surface area contributed by atoms with Crippen molar-refractivity contribution >= 4 is 18.0 Å². The Morgan fingerprint density at radius 1 is 1.56 bits per heavy atom. The smallest absolute Gasteiger partial charge is 0.410 e. The SMILES string of the molecule is CC(C)(C)OC(=O)N1CCC2(C1)NC(=O)N=C2N. The number of likely N-dealkylation sites (tertiary alicyclic amines) is 1. The highest BCUT2D eigenvalue weighted by molar-refractivity contribution is 6.06. The van der Waals surface area contributed by atoms with Gasteiger partial charge in [0.1, 0.15) is 17.0 Å². The minimum Gasteiger partial charge on any atom is -0.444 e. The molecule has 7 nitrogen and oxygen atoms in total. The quantitative estimate of drug-likeness (QED) is 0.655.